The number of carboxylic acid groups (broad SMARTS) is 1. The highest BCUT2D eigenvalue weighted by atomic mass is 16.4. The molecule has 21 heavy (non-hydrogen) atoms. The fraction of sp³-hybridized carbons (Fsp3) is 0.867. The smallest absolute Gasteiger partial charge is 0.317 e. The SMILES string of the molecule is CC(CC(=O)N1CCN(CC(=O)O)CC1)C1CCCNC1. The first kappa shape index (κ1) is 16.2. The Kier molecular flexibility index (Phi) is 5.99. The maximum atomic E-state index is 12.4. The van der Waals surface area contributed by atoms with Gasteiger partial charge in [0.1, 0.15) is 0 Å². The van der Waals surface area contributed by atoms with Crippen LogP contribution in [0.3, 0.4) is 0 Å². The van der Waals surface area contributed by atoms with Crippen molar-refractivity contribution in [1.29, 1.82) is 0 Å². The van der Waals surface area contributed by atoms with Gasteiger partial charge in [-0.05, 0) is 37.8 Å². The fourth-order valence-corrected chi connectivity index (χ4v) is 3.28. The summed E-state index contributed by atoms with van der Waals surface area (Å²) in [6.45, 7) is 7.02. The maximum absolute atomic E-state index is 12.4. The van der Waals surface area contributed by atoms with Crippen LogP contribution >= 0.6 is 0 Å². The number of nitrogens with one attached hydrogen (secondary N) is 1. The number of amides is 1. The van der Waals surface area contributed by atoms with Crippen LogP contribution in [0.2, 0.25) is 0 Å². The van der Waals surface area contributed by atoms with Crippen LogP contribution in [0.15, 0.2) is 0 Å². The van der Waals surface area contributed by atoms with Gasteiger partial charge >= 0.3 is 5.97 Å². The second-order valence-electron chi connectivity index (χ2n) is 6.34. The van der Waals surface area contributed by atoms with Crippen LogP contribution in [0, 0.1) is 11.8 Å². The van der Waals surface area contributed by atoms with E-state index in [0.717, 1.165) is 13.1 Å². The second kappa shape index (κ2) is 7.75. The Bertz CT molecular complexity index is 361. The highest BCUT2D eigenvalue weighted by Gasteiger charge is 2.26. The van der Waals surface area contributed by atoms with Gasteiger partial charge in [0, 0.05) is 32.6 Å². The summed E-state index contributed by atoms with van der Waals surface area (Å²) in [5.41, 5.74) is 0. The summed E-state index contributed by atoms with van der Waals surface area (Å²) in [5.74, 6) is 0.453. The molecule has 0 aromatic rings. The summed E-state index contributed by atoms with van der Waals surface area (Å²) >= 11 is 0. The second-order valence-corrected chi connectivity index (χ2v) is 6.34. The van der Waals surface area contributed by atoms with Gasteiger partial charge in [-0.2, -0.15) is 0 Å². The molecule has 2 atom stereocenters. The Morgan fingerprint density at radius 2 is 2.00 bits per heavy atom. The van der Waals surface area contributed by atoms with Gasteiger partial charge in [-0.1, -0.05) is 6.92 Å². The summed E-state index contributed by atoms with van der Waals surface area (Å²) in [6.07, 6.45) is 3.04. The van der Waals surface area contributed by atoms with Crippen LogP contribution in [-0.4, -0.2) is 72.6 Å². The van der Waals surface area contributed by atoms with E-state index in [0.29, 0.717) is 44.4 Å². The molecule has 2 aliphatic rings. The number of hydrogen-bond donors (Lipinski definition) is 2. The summed E-state index contributed by atoms with van der Waals surface area (Å²) in [7, 11) is 0. The lowest BCUT2D eigenvalue weighted by molar-refractivity contribution is -0.139. The number of nitrogens with zero attached hydrogens (tertiary/aromatic N) is 2. The molecule has 2 heterocycles. The largest absolute Gasteiger partial charge is 0.480 e. The van der Waals surface area contributed by atoms with Crippen molar-refractivity contribution in [3.63, 3.8) is 0 Å². The van der Waals surface area contributed by atoms with Gasteiger partial charge in [0.25, 0.3) is 0 Å². The van der Waals surface area contributed by atoms with Crippen molar-refractivity contribution in [3.8, 4) is 0 Å². The van der Waals surface area contributed by atoms with E-state index in [9.17, 15) is 9.59 Å². The zero-order chi connectivity index (χ0) is 15.2. The van der Waals surface area contributed by atoms with Gasteiger partial charge in [0.05, 0.1) is 6.54 Å². The molecule has 2 fully saturated rings. The molecule has 0 aliphatic carbocycles. The molecule has 0 saturated carbocycles. The van der Waals surface area contributed by atoms with Crippen molar-refractivity contribution in [1.82, 2.24) is 15.1 Å². The summed E-state index contributed by atoms with van der Waals surface area (Å²) in [6, 6.07) is 0. The van der Waals surface area contributed by atoms with Crippen molar-refractivity contribution in [2.24, 2.45) is 11.8 Å². The minimum absolute atomic E-state index is 0.0756. The lowest BCUT2D eigenvalue weighted by atomic mass is 9.85. The lowest BCUT2D eigenvalue weighted by Crippen LogP contribution is -2.50. The Morgan fingerprint density at radius 3 is 2.57 bits per heavy atom. The van der Waals surface area contributed by atoms with Gasteiger partial charge < -0.3 is 15.3 Å². The molecule has 0 spiro atoms. The van der Waals surface area contributed by atoms with Crippen LogP contribution in [0.25, 0.3) is 0 Å². The highest BCUT2D eigenvalue weighted by molar-refractivity contribution is 5.76. The Balaban J connectivity index is 1.72. The summed E-state index contributed by atoms with van der Waals surface area (Å²) in [4.78, 5) is 26.8. The number of carboxylic acids is 1. The Hall–Kier alpha value is -1.14. The van der Waals surface area contributed by atoms with Crippen molar-refractivity contribution in [2.45, 2.75) is 26.2 Å². The summed E-state index contributed by atoms with van der Waals surface area (Å²) in [5, 5.41) is 12.2. The van der Waals surface area contributed by atoms with E-state index in [1.54, 1.807) is 0 Å². The lowest BCUT2D eigenvalue weighted by Gasteiger charge is -2.35. The average molecular weight is 297 g/mol. The van der Waals surface area contributed by atoms with Crippen LogP contribution in [0.5, 0.6) is 0 Å². The number of hydrogen-bond acceptors (Lipinski definition) is 4. The standard InChI is InChI=1S/C15H27N3O3/c1-12(13-3-2-4-16-10-13)9-14(19)18-7-5-17(6-8-18)11-15(20)21/h12-13,16H,2-11H2,1H3,(H,20,21). The topological polar surface area (TPSA) is 72.9 Å². The molecule has 2 saturated heterocycles. The first-order valence-corrected chi connectivity index (χ1v) is 7.99. The predicted octanol–water partition coefficient (Wildman–Crippen LogP) is 0.241. The van der Waals surface area contributed by atoms with Gasteiger partial charge in [-0.25, -0.2) is 0 Å². The summed E-state index contributed by atoms with van der Waals surface area (Å²) < 4.78 is 0. The maximum Gasteiger partial charge on any atom is 0.317 e. The monoisotopic (exact) mass is 297 g/mol. The molecule has 2 aliphatic heterocycles. The quantitative estimate of drug-likeness (QED) is 0.760. The van der Waals surface area contributed by atoms with Crippen LogP contribution in [0.1, 0.15) is 26.2 Å². The number of rotatable bonds is 5. The first-order valence-electron chi connectivity index (χ1n) is 7.99. The Labute approximate surface area is 126 Å². The van der Waals surface area contributed by atoms with E-state index in [1.165, 1.54) is 12.8 Å². The number of carbonyl (C=O) groups is 2. The number of aliphatic carboxylic acids is 1. The molecule has 2 unspecified atom stereocenters. The molecule has 2 N–H and O–H groups in total. The van der Waals surface area contributed by atoms with Crippen molar-refractivity contribution in [2.75, 3.05) is 45.8 Å². The third-order valence-corrected chi connectivity index (χ3v) is 4.72. The van der Waals surface area contributed by atoms with E-state index in [4.69, 9.17) is 5.11 Å². The van der Waals surface area contributed by atoms with E-state index >= 15 is 0 Å². The van der Waals surface area contributed by atoms with Crippen LogP contribution in [0.4, 0.5) is 0 Å². The third kappa shape index (κ3) is 4.97. The molecule has 0 bridgehead atoms. The van der Waals surface area contributed by atoms with Crippen molar-refractivity contribution < 1.29 is 14.7 Å². The van der Waals surface area contributed by atoms with E-state index < -0.39 is 5.97 Å². The number of piperidine rings is 1. The number of carbonyl (C=O) groups excluding carboxylic acids is 1. The molecule has 0 aromatic heterocycles. The predicted molar refractivity (Wildman–Crippen MR) is 80.0 cm³/mol. The third-order valence-electron chi connectivity index (χ3n) is 4.72. The molecule has 0 aromatic carbocycles. The minimum atomic E-state index is -0.798. The molecule has 6 heteroatoms. The molecule has 120 valence electrons. The molecule has 0 radical (unpaired) electrons. The van der Waals surface area contributed by atoms with Crippen LogP contribution < -0.4 is 5.32 Å². The van der Waals surface area contributed by atoms with Gasteiger partial charge in [0.2, 0.25) is 5.91 Å². The van der Waals surface area contributed by atoms with E-state index in [1.807, 2.05) is 9.80 Å². The van der Waals surface area contributed by atoms with Gasteiger partial charge in [0.15, 0.2) is 0 Å². The van der Waals surface area contributed by atoms with Crippen molar-refractivity contribution >= 4 is 11.9 Å². The zero-order valence-electron chi connectivity index (χ0n) is 12.9. The first-order chi connectivity index (χ1) is 10.1. The Morgan fingerprint density at radius 1 is 1.29 bits per heavy atom. The molecule has 6 nitrogen and oxygen atoms in total. The van der Waals surface area contributed by atoms with E-state index in [-0.39, 0.29) is 12.5 Å². The fourth-order valence-electron chi connectivity index (χ4n) is 3.28. The average Bonchev–Trinajstić information content (AvgIpc) is 2.48. The zero-order valence-corrected chi connectivity index (χ0v) is 12.9. The van der Waals surface area contributed by atoms with Crippen molar-refractivity contribution in [3.05, 3.63) is 0 Å². The number of piperazine rings is 1. The normalized spacial score (nSPS) is 25.6. The molecule has 1 amide bonds. The van der Waals surface area contributed by atoms with Gasteiger partial charge in [-0.15, -0.1) is 0 Å². The van der Waals surface area contributed by atoms with E-state index in [2.05, 4.69) is 12.2 Å². The minimum Gasteiger partial charge on any atom is -0.480 e. The molecular weight excluding hydrogens is 270 g/mol. The van der Waals surface area contributed by atoms with Crippen LogP contribution in [-0.2, 0) is 9.59 Å². The molecule has 2 rings (SSSR count). The molecular formula is C15H27N3O3. The highest BCUT2D eigenvalue weighted by Crippen LogP contribution is 2.23. The van der Waals surface area contributed by atoms with Gasteiger partial charge in [-0.3, -0.25) is 14.5 Å².